The fraction of sp³-hybridized carbons (Fsp3) is 0.467. The van der Waals surface area contributed by atoms with Crippen LogP contribution in [-0.2, 0) is 14.3 Å². The number of nitrogens with one attached hydrogen (secondary N) is 2. The number of carbonyl (C=O) groups excluding carboxylic acids is 2. The second-order valence-electron chi connectivity index (χ2n) is 5.10. The summed E-state index contributed by atoms with van der Waals surface area (Å²) >= 11 is 0. The van der Waals surface area contributed by atoms with Crippen LogP contribution in [0.1, 0.15) is 6.42 Å². The second kappa shape index (κ2) is 12.0. The third kappa shape index (κ3) is 7.94. The van der Waals surface area contributed by atoms with E-state index in [-0.39, 0.29) is 43.0 Å². The van der Waals surface area contributed by atoms with Gasteiger partial charge in [-0.2, -0.15) is 0 Å². The smallest absolute Gasteiger partial charge is 0.238 e. The standard InChI is InChI=1S/C15H22N4O3.2ClH/c16-6-5-14(20)17-12-1-3-13(4-2-12)18-15(21)11-19-7-9-22-10-8-19;;/h1-4H,5-11,16H2,(H,17,20)(H,18,21);2*1H. The first-order chi connectivity index (χ1) is 10.7. The molecule has 4 N–H and O–H groups in total. The minimum atomic E-state index is -0.119. The minimum absolute atomic E-state index is 0. The molecule has 2 amide bonds. The van der Waals surface area contributed by atoms with E-state index >= 15 is 0 Å². The molecular weight excluding hydrogens is 355 g/mol. The lowest BCUT2D eigenvalue weighted by atomic mass is 10.2. The fourth-order valence-electron chi connectivity index (χ4n) is 2.15. The quantitative estimate of drug-likeness (QED) is 0.688. The van der Waals surface area contributed by atoms with Gasteiger partial charge in [-0.1, -0.05) is 0 Å². The highest BCUT2D eigenvalue weighted by Crippen LogP contribution is 2.13. The van der Waals surface area contributed by atoms with Crippen LogP contribution in [0.15, 0.2) is 24.3 Å². The molecule has 0 atom stereocenters. The van der Waals surface area contributed by atoms with Crippen molar-refractivity contribution in [1.82, 2.24) is 4.90 Å². The van der Waals surface area contributed by atoms with Crippen LogP contribution < -0.4 is 16.4 Å². The van der Waals surface area contributed by atoms with Gasteiger partial charge in [-0.25, -0.2) is 0 Å². The van der Waals surface area contributed by atoms with E-state index in [0.717, 1.165) is 13.1 Å². The number of morpholine rings is 1. The van der Waals surface area contributed by atoms with Crippen LogP contribution >= 0.6 is 24.8 Å². The van der Waals surface area contributed by atoms with Crippen LogP contribution in [0.3, 0.4) is 0 Å². The highest BCUT2D eigenvalue weighted by molar-refractivity contribution is 5.93. The molecule has 2 rings (SSSR count). The van der Waals surface area contributed by atoms with Gasteiger partial charge in [-0.3, -0.25) is 14.5 Å². The molecule has 0 unspecified atom stereocenters. The van der Waals surface area contributed by atoms with Crippen molar-refractivity contribution in [3.63, 3.8) is 0 Å². The molecule has 0 spiro atoms. The maximum atomic E-state index is 12.0. The number of amides is 2. The zero-order chi connectivity index (χ0) is 15.8. The van der Waals surface area contributed by atoms with E-state index in [4.69, 9.17) is 10.5 Å². The lowest BCUT2D eigenvalue weighted by Crippen LogP contribution is -2.41. The summed E-state index contributed by atoms with van der Waals surface area (Å²) in [6.07, 6.45) is 0.290. The fourth-order valence-corrected chi connectivity index (χ4v) is 2.15. The molecule has 1 aromatic carbocycles. The number of benzene rings is 1. The van der Waals surface area contributed by atoms with Gasteiger partial charge in [0, 0.05) is 37.4 Å². The molecule has 0 aromatic heterocycles. The molecule has 1 aromatic rings. The van der Waals surface area contributed by atoms with E-state index < -0.39 is 0 Å². The van der Waals surface area contributed by atoms with E-state index in [9.17, 15) is 9.59 Å². The molecule has 136 valence electrons. The zero-order valence-corrected chi connectivity index (χ0v) is 15.0. The Bertz CT molecular complexity index is 508. The number of hydrogen-bond acceptors (Lipinski definition) is 5. The molecule has 1 aliphatic rings. The van der Waals surface area contributed by atoms with E-state index in [1.54, 1.807) is 24.3 Å². The molecule has 1 fully saturated rings. The van der Waals surface area contributed by atoms with Crippen molar-refractivity contribution in [3.05, 3.63) is 24.3 Å². The predicted molar refractivity (Wildman–Crippen MR) is 99.1 cm³/mol. The first-order valence-electron chi connectivity index (χ1n) is 7.37. The van der Waals surface area contributed by atoms with Crippen molar-refractivity contribution in [2.24, 2.45) is 5.73 Å². The minimum Gasteiger partial charge on any atom is -0.379 e. The molecule has 0 bridgehead atoms. The maximum absolute atomic E-state index is 12.0. The highest BCUT2D eigenvalue weighted by Gasteiger charge is 2.14. The summed E-state index contributed by atoms with van der Waals surface area (Å²) in [4.78, 5) is 25.4. The number of nitrogens with two attached hydrogens (primary N) is 1. The summed E-state index contributed by atoms with van der Waals surface area (Å²) in [6.45, 7) is 3.58. The number of rotatable bonds is 6. The van der Waals surface area contributed by atoms with E-state index in [1.807, 2.05) is 0 Å². The summed E-state index contributed by atoms with van der Waals surface area (Å²) in [7, 11) is 0. The van der Waals surface area contributed by atoms with Crippen LogP contribution in [0.4, 0.5) is 11.4 Å². The van der Waals surface area contributed by atoms with Crippen molar-refractivity contribution in [2.45, 2.75) is 6.42 Å². The third-order valence-corrected chi connectivity index (χ3v) is 3.29. The molecule has 9 heteroatoms. The Morgan fingerprint density at radius 3 is 2.00 bits per heavy atom. The summed E-state index contributed by atoms with van der Waals surface area (Å²) in [5.74, 6) is -0.173. The molecule has 24 heavy (non-hydrogen) atoms. The number of ether oxygens (including phenoxy) is 1. The van der Waals surface area contributed by atoms with Crippen LogP contribution in [0.2, 0.25) is 0 Å². The lowest BCUT2D eigenvalue weighted by Gasteiger charge is -2.25. The summed E-state index contributed by atoms with van der Waals surface area (Å²) < 4.78 is 5.25. The summed E-state index contributed by atoms with van der Waals surface area (Å²) in [5, 5.41) is 5.58. The van der Waals surface area contributed by atoms with Gasteiger partial charge in [0.15, 0.2) is 0 Å². The van der Waals surface area contributed by atoms with Crippen molar-refractivity contribution in [2.75, 3.05) is 50.0 Å². The van der Waals surface area contributed by atoms with Gasteiger partial charge in [0.1, 0.15) is 0 Å². The number of anilines is 2. The van der Waals surface area contributed by atoms with Crippen LogP contribution in [0.5, 0.6) is 0 Å². The van der Waals surface area contributed by atoms with Gasteiger partial charge in [0.05, 0.1) is 19.8 Å². The number of hydrogen-bond donors (Lipinski definition) is 3. The largest absolute Gasteiger partial charge is 0.379 e. The number of carbonyl (C=O) groups is 2. The first-order valence-corrected chi connectivity index (χ1v) is 7.37. The highest BCUT2D eigenvalue weighted by atomic mass is 35.5. The second-order valence-corrected chi connectivity index (χ2v) is 5.10. The summed E-state index contributed by atoms with van der Waals surface area (Å²) in [6, 6.07) is 7.02. The Balaban J connectivity index is 0.00000264. The Morgan fingerprint density at radius 1 is 1.00 bits per heavy atom. The Morgan fingerprint density at radius 2 is 1.50 bits per heavy atom. The van der Waals surface area contributed by atoms with Crippen LogP contribution in [-0.4, -0.2) is 56.1 Å². The summed E-state index contributed by atoms with van der Waals surface area (Å²) in [5.41, 5.74) is 6.71. The van der Waals surface area contributed by atoms with Gasteiger partial charge in [0.25, 0.3) is 0 Å². The normalized spacial score (nSPS) is 14.0. The average Bonchev–Trinajstić information content (AvgIpc) is 2.50. The molecule has 1 heterocycles. The third-order valence-electron chi connectivity index (χ3n) is 3.29. The zero-order valence-electron chi connectivity index (χ0n) is 13.3. The van der Waals surface area contributed by atoms with Gasteiger partial charge >= 0.3 is 0 Å². The van der Waals surface area contributed by atoms with Gasteiger partial charge < -0.3 is 21.1 Å². The Hall–Kier alpha value is -1.38. The van der Waals surface area contributed by atoms with Crippen LogP contribution in [0, 0.1) is 0 Å². The van der Waals surface area contributed by atoms with Crippen LogP contribution in [0.25, 0.3) is 0 Å². The van der Waals surface area contributed by atoms with Crippen molar-refractivity contribution in [3.8, 4) is 0 Å². The van der Waals surface area contributed by atoms with E-state index in [2.05, 4.69) is 15.5 Å². The first kappa shape index (κ1) is 22.6. The van der Waals surface area contributed by atoms with Crippen molar-refractivity contribution >= 4 is 48.0 Å². The Labute approximate surface area is 154 Å². The predicted octanol–water partition coefficient (Wildman–Crippen LogP) is 1.09. The molecule has 1 aliphatic heterocycles. The van der Waals surface area contributed by atoms with Gasteiger partial charge in [0.2, 0.25) is 11.8 Å². The molecule has 0 saturated carbocycles. The molecule has 0 radical (unpaired) electrons. The molecule has 7 nitrogen and oxygen atoms in total. The van der Waals surface area contributed by atoms with Crippen molar-refractivity contribution < 1.29 is 14.3 Å². The lowest BCUT2D eigenvalue weighted by molar-refractivity contribution is -0.118. The SMILES string of the molecule is Cl.Cl.NCCC(=O)Nc1ccc(NC(=O)CN2CCOCC2)cc1. The van der Waals surface area contributed by atoms with Gasteiger partial charge in [-0.15, -0.1) is 24.8 Å². The average molecular weight is 379 g/mol. The molecule has 0 aliphatic carbocycles. The number of halogens is 2. The topological polar surface area (TPSA) is 96.7 Å². The van der Waals surface area contributed by atoms with Gasteiger partial charge in [-0.05, 0) is 24.3 Å². The number of nitrogens with zero attached hydrogens (tertiary/aromatic N) is 1. The molecule has 1 saturated heterocycles. The monoisotopic (exact) mass is 378 g/mol. The Kier molecular flexibility index (Phi) is 11.4. The van der Waals surface area contributed by atoms with E-state index in [0.29, 0.717) is 37.7 Å². The van der Waals surface area contributed by atoms with E-state index in [1.165, 1.54) is 0 Å². The molecular formula is C15H24Cl2N4O3. The van der Waals surface area contributed by atoms with Crippen molar-refractivity contribution in [1.29, 1.82) is 0 Å². The maximum Gasteiger partial charge on any atom is 0.238 e.